The Kier molecular flexibility index (Phi) is 6.09. The number of aromatic nitrogens is 2. The predicted octanol–water partition coefficient (Wildman–Crippen LogP) is 3.03. The molecule has 0 atom stereocenters. The maximum absolute atomic E-state index is 11.9. The summed E-state index contributed by atoms with van der Waals surface area (Å²) in [4.78, 5) is 22.8. The molecule has 0 aliphatic rings. The first kappa shape index (κ1) is 16.9. The number of anilines is 1. The lowest BCUT2D eigenvalue weighted by atomic mass is 10.2. The van der Waals surface area contributed by atoms with Crippen molar-refractivity contribution in [1.82, 2.24) is 15.3 Å². The van der Waals surface area contributed by atoms with Crippen LogP contribution in [0.5, 0.6) is 0 Å². The smallest absolute Gasteiger partial charge is 0.254 e. The lowest BCUT2D eigenvalue weighted by Crippen LogP contribution is -2.32. The fourth-order valence-electron chi connectivity index (χ4n) is 2.19. The maximum atomic E-state index is 11.9. The molecular formula is C18H24N4O. The first-order chi connectivity index (χ1) is 11.1. The molecule has 0 aliphatic carbocycles. The van der Waals surface area contributed by atoms with Crippen LogP contribution in [0.4, 0.5) is 5.95 Å². The van der Waals surface area contributed by atoms with Crippen molar-refractivity contribution in [2.75, 3.05) is 11.4 Å². The van der Waals surface area contributed by atoms with E-state index in [4.69, 9.17) is 0 Å². The fraction of sp³-hybridized carbons (Fsp3) is 0.389. The summed E-state index contributed by atoms with van der Waals surface area (Å²) in [5.74, 6) is 0.508. The fourth-order valence-corrected chi connectivity index (χ4v) is 2.19. The normalized spacial score (nSPS) is 10.6. The first-order valence-corrected chi connectivity index (χ1v) is 8.02. The molecule has 122 valence electrons. The van der Waals surface area contributed by atoms with Crippen molar-refractivity contribution in [3.63, 3.8) is 0 Å². The van der Waals surface area contributed by atoms with E-state index in [1.807, 2.05) is 25.1 Å². The van der Waals surface area contributed by atoms with Gasteiger partial charge in [0.05, 0.1) is 5.56 Å². The van der Waals surface area contributed by atoms with Gasteiger partial charge in [-0.2, -0.15) is 0 Å². The number of hydrogen-bond donors (Lipinski definition) is 1. The first-order valence-electron chi connectivity index (χ1n) is 8.02. The third kappa shape index (κ3) is 4.77. The summed E-state index contributed by atoms with van der Waals surface area (Å²) >= 11 is 0. The third-order valence-corrected chi connectivity index (χ3v) is 3.51. The molecule has 0 fully saturated rings. The van der Waals surface area contributed by atoms with Gasteiger partial charge in [0.1, 0.15) is 0 Å². The summed E-state index contributed by atoms with van der Waals surface area (Å²) in [6.07, 6.45) is 4.09. The number of nitrogens with zero attached hydrogens (tertiary/aromatic N) is 3. The average molecular weight is 312 g/mol. The van der Waals surface area contributed by atoms with E-state index in [-0.39, 0.29) is 11.9 Å². The van der Waals surface area contributed by atoms with Crippen LogP contribution in [0.25, 0.3) is 0 Å². The van der Waals surface area contributed by atoms with Crippen LogP contribution in [-0.4, -0.2) is 28.5 Å². The molecule has 0 unspecified atom stereocenters. The molecule has 0 aliphatic heterocycles. The van der Waals surface area contributed by atoms with Gasteiger partial charge in [-0.3, -0.25) is 4.79 Å². The van der Waals surface area contributed by atoms with Crippen LogP contribution in [0.15, 0.2) is 42.7 Å². The molecule has 0 radical (unpaired) electrons. The second-order valence-corrected chi connectivity index (χ2v) is 5.73. The van der Waals surface area contributed by atoms with Crippen LogP contribution in [0, 0.1) is 0 Å². The molecular weight excluding hydrogens is 288 g/mol. The van der Waals surface area contributed by atoms with Crippen molar-refractivity contribution in [3.05, 3.63) is 53.9 Å². The summed E-state index contributed by atoms with van der Waals surface area (Å²) in [5, 5.41) is 2.83. The van der Waals surface area contributed by atoms with Gasteiger partial charge < -0.3 is 10.2 Å². The van der Waals surface area contributed by atoms with E-state index in [1.54, 1.807) is 12.4 Å². The molecule has 1 N–H and O–H groups in total. The zero-order valence-corrected chi connectivity index (χ0v) is 14.0. The molecule has 5 heteroatoms. The SMILES string of the molecule is CCCNC(=O)c1cnc(N(Cc2ccccc2)C(C)C)nc1. The van der Waals surface area contributed by atoms with Crippen LogP contribution in [0.1, 0.15) is 43.1 Å². The lowest BCUT2D eigenvalue weighted by molar-refractivity contribution is 0.0953. The Balaban J connectivity index is 2.12. The predicted molar refractivity (Wildman–Crippen MR) is 92.4 cm³/mol. The van der Waals surface area contributed by atoms with Crippen LogP contribution < -0.4 is 10.2 Å². The molecule has 2 rings (SSSR count). The van der Waals surface area contributed by atoms with Gasteiger partial charge in [-0.1, -0.05) is 37.3 Å². The van der Waals surface area contributed by atoms with Gasteiger partial charge in [0.25, 0.3) is 5.91 Å². The summed E-state index contributed by atoms with van der Waals surface area (Å²) in [6, 6.07) is 10.5. The van der Waals surface area contributed by atoms with Gasteiger partial charge in [0.2, 0.25) is 5.95 Å². The van der Waals surface area contributed by atoms with Crippen molar-refractivity contribution in [2.24, 2.45) is 0 Å². The number of carbonyl (C=O) groups excluding carboxylic acids is 1. The number of carbonyl (C=O) groups is 1. The molecule has 0 saturated heterocycles. The highest BCUT2D eigenvalue weighted by atomic mass is 16.1. The number of benzene rings is 1. The highest BCUT2D eigenvalue weighted by Crippen LogP contribution is 2.15. The van der Waals surface area contributed by atoms with Crippen LogP contribution >= 0.6 is 0 Å². The van der Waals surface area contributed by atoms with E-state index >= 15 is 0 Å². The van der Waals surface area contributed by atoms with Gasteiger partial charge >= 0.3 is 0 Å². The van der Waals surface area contributed by atoms with Crippen LogP contribution in [0.2, 0.25) is 0 Å². The largest absolute Gasteiger partial charge is 0.352 e. The zero-order chi connectivity index (χ0) is 16.7. The average Bonchev–Trinajstić information content (AvgIpc) is 2.58. The van der Waals surface area contributed by atoms with Gasteiger partial charge in [0, 0.05) is 31.5 Å². The topological polar surface area (TPSA) is 58.1 Å². The van der Waals surface area contributed by atoms with Crippen LogP contribution in [-0.2, 0) is 6.54 Å². The molecule has 1 aromatic carbocycles. The van der Waals surface area contributed by atoms with E-state index in [0.29, 0.717) is 18.1 Å². The highest BCUT2D eigenvalue weighted by Gasteiger charge is 2.15. The standard InChI is InChI=1S/C18H24N4O/c1-4-10-19-17(23)16-11-20-18(21-12-16)22(14(2)3)13-15-8-6-5-7-9-15/h5-9,11-12,14H,4,10,13H2,1-3H3,(H,19,23). The highest BCUT2D eigenvalue weighted by molar-refractivity contribution is 5.93. The molecule has 23 heavy (non-hydrogen) atoms. The Morgan fingerprint density at radius 2 is 1.83 bits per heavy atom. The van der Waals surface area contributed by atoms with Crippen molar-refractivity contribution >= 4 is 11.9 Å². The number of amides is 1. The Bertz CT molecular complexity index is 611. The minimum atomic E-state index is -0.127. The van der Waals surface area contributed by atoms with Gasteiger partial charge in [-0.15, -0.1) is 0 Å². The van der Waals surface area contributed by atoms with Gasteiger partial charge in [0.15, 0.2) is 0 Å². The Hall–Kier alpha value is -2.43. The van der Waals surface area contributed by atoms with Crippen molar-refractivity contribution in [3.8, 4) is 0 Å². The molecule has 0 bridgehead atoms. The van der Waals surface area contributed by atoms with Crippen molar-refractivity contribution < 1.29 is 4.79 Å². The van der Waals surface area contributed by atoms with E-state index < -0.39 is 0 Å². The quantitative estimate of drug-likeness (QED) is 0.854. The summed E-state index contributed by atoms with van der Waals surface area (Å²) < 4.78 is 0. The molecule has 1 heterocycles. The van der Waals surface area contributed by atoms with Crippen molar-refractivity contribution in [1.29, 1.82) is 0 Å². The lowest BCUT2D eigenvalue weighted by Gasteiger charge is -2.26. The molecule has 5 nitrogen and oxygen atoms in total. The molecule has 0 saturated carbocycles. The molecule has 2 aromatic rings. The summed E-state index contributed by atoms with van der Waals surface area (Å²) in [7, 11) is 0. The Morgan fingerprint density at radius 3 is 2.39 bits per heavy atom. The second kappa shape index (κ2) is 8.27. The minimum Gasteiger partial charge on any atom is -0.352 e. The maximum Gasteiger partial charge on any atom is 0.254 e. The minimum absolute atomic E-state index is 0.127. The number of hydrogen-bond acceptors (Lipinski definition) is 4. The Morgan fingerprint density at radius 1 is 1.17 bits per heavy atom. The molecule has 1 aromatic heterocycles. The zero-order valence-electron chi connectivity index (χ0n) is 14.0. The Labute approximate surface area is 137 Å². The van der Waals surface area contributed by atoms with Crippen molar-refractivity contribution in [2.45, 2.75) is 39.8 Å². The van der Waals surface area contributed by atoms with Crippen LogP contribution in [0.3, 0.4) is 0 Å². The van der Waals surface area contributed by atoms with E-state index in [1.165, 1.54) is 5.56 Å². The van der Waals surface area contributed by atoms with E-state index in [0.717, 1.165) is 13.0 Å². The van der Waals surface area contributed by atoms with E-state index in [2.05, 4.69) is 46.2 Å². The van der Waals surface area contributed by atoms with Gasteiger partial charge in [-0.05, 0) is 25.8 Å². The van der Waals surface area contributed by atoms with E-state index in [9.17, 15) is 4.79 Å². The third-order valence-electron chi connectivity index (χ3n) is 3.51. The number of nitrogens with one attached hydrogen (secondary N) is 1. The second-order valence-electron chi connectivity index (χ2n) is 5.73. The molecule has 0 spiro atoms. The monoisotopic (exact) mass is 312 g/mol. The summed E-state index contributed by atoms with van der Waals surface area (Å²) in [5.41, 5.74) is 1.69. The number of rotatable bonds is 7. The van der Waals surface area contributed by atoms with Gasteiger partial charge in [-0.25, -0.2) is 9.97 Å². The molecule has 1 amide bonds. The summed E-state index contributed by atoms with van der Waals surface area (Å²) in [6.45, 7) is 7.62.